The van der Waals surface area contributed by atoms with Crippen molar-refractivity contribution in [2.75, 3.05) is 26.7 Å². The lowest BCUT2D eigenvalue weighted by atomic mass is 10.1. The second-order valence-corrected chi connectivity index (χ2v) is 9.07. The van der Waals surface area contributed by atoms with E-state index in [0.717, 1.165) is 43.4 Å². The Labute approximate surface area is 180 Å². The first-order valence-corrected chi connectivity index (χ1v) is 11.0. The molecule has 0 spiro atoms. The molecule has 1 unspecified atom stereocenters. The molecular weight excluding hydrogens is 382 g/mol. The number of hydrogen-bond acceptors (Lipinski definition) is 5. The van der Waals surface area contributed by atoms with Gasteiger partial charge in [-0.2, -0.15) is 5.10 Å². The molecule has 1 aliphatic rings. The number of aromatic nitrogens is 3. The van der Waals surface area contributed by atoms with Gasteiger partial charge in [0.1, 0.15) is 11.4 Å². The molecule has 9 nitrogen and oxygen atoms in total. The summed E-state index contributed by atoms with van der Waals surface area (Å²) in [7, 11) is 1.76. The van der Waals surface area contributed by atoms with Crippen LogP contribution in [0.15, 0.2) is 4.99 Å². The van der Waals surface area contributed by atoms with Crippen LogP contribution in [0.4, 0.5) is 4.79 Å². The molecule has 2 N–H and O–H groups in total. The highest BCUT2D eigenvalue weighted by atomic mass is 16.6. The Balaban J connectivity index is 1.84. The van der Waals surface area contributed by atoms with Crippen LogP contribution in [0, 0.1) is 0 Å². The molecule has 0 fully saturated rings. The number of ether oxygens (including phenoxy) is 1. The zero-order chi connectivity index (χ0) is 22.3. The quantitative estimate of drug-likeness (QED) is 0.519. The number of nitrogens with one attached hydrogen (secondary N) is 2. The van der Waals surface area contributed by atoms with E-state index in [1.54, 1.807) is 11.9 Å². The van der Waals surface area contributed by atoms with Crippen LogP contribution >= 0.6 is 0 Å². The van der Waals surface area contributed by atoms with Gasteiger partial charge in [0.25, 0.3) is 0 Å². The van der Waals surface area contributed by atoms with Gasteiger partial charge in [0, 0.05) is 45.1 Å². The van der Waals surface area contributed by atoms with Gasteiger partial charge in [0.15, 0.2) is 11.8 Å². The molecule has 0 saturated heterocycles. The molecule has 0 aliphatic carbocycles. The van der Waals surface area contributed by atoms with Crippen molar-refractivity contribution in [3.63, 3.8) is 0 Å². The van der Waals surface area contributed by atoms with E-state index in [2.05, 4.69) is 46.5 Å². The fourth-order valence-electron chi connectivity index (χ4n) is 3.28. The normalized spacial score (nSPS) is 16.9. The lowest BCUT2D eigenvalue weighted by Gasteiger charge is -2.28. The second kappa shape index (κ2) is 10.6. The second-order valence-electron chi connectivity index (χ2n) is 9.07. The number of aryl methyl sites for hydroxylation is 1. The Morgan fingerprint density at radius 1 is 1.37 bits per heavy atom. The maximum atomic E-state index is 12.4. The van der Waals surface area contributed by atoms with Gasteiger partial charge in [-0.15, -0.1) is 0 Å². The van der Waals surface area contributed by atoms with Gasteiger partial charge in [-0.1, -0.05) is 20.8 Å². The van der Waals surface area contributed by atoms with Crippen LogP contribution in [0.2, 0.25) is 0 Å². The third kappa shape index (κ3) is 7.18. The lowest BCUT2D eigenvalue weighted by Crippen LogP contribution is -2.49. The van der Waals surface area contributed by atoms with Crippen molar-refractivity contribution < 1.29 is 9.53 Å². The largest absolute Gasteiger partial charge is 0.444 e. The maximum Gasteiger partial charge on any atom is 0.410 e. The van der Waals surface area contributed by atoms with E-state index in [9.17, 15) is 4.79 Å². The molecule has 1 aliphatic heterocycles. The van der Waals surface area contributed by atoms with Crippen LogP contribution in [-0.4, -0.2) is 70.0 Å². The lowest BCUT2D eigenvalue weighted by molar-refractivity contribution is 0.0253. The number of nitrogens with zero attached hydrogens (tertiary/aromatic N) is 5. The number of carbonyl (C=O) groups excluding carboxylic acids is 1. The first-order valence-electron chi connectivity index (χ1n) is 11.0. The molecule has 0 bridgehead atoms. The smallest absolute Gasteiger partial charge is 0.410 e. The number of guanidine groups is 1. The minimum absolute atomic E-state index is 0.239. The summed E-state index contributed by atoms with van der Waals surface area (Å²) < 4.78 is 7.52. The van der Waals surface area contributed by atoms with Crippen LogP contribution in [0.25, 0.3) is 0 Å². The minimum Gasteiger partial charge on any atom is -0.444 e. The molecule has 1 amide bonds. The summed E-state index contributed by atoms with van der Waals surface area (Å²) in [6, 6.07) is 0.239. The van der Waals surface area contributed by atoms with Crippen molar-refractivity contribution in [3.8, 4) is 0 Å². The van der Waals surface area contributed by atoms with Crippen molar-refractivity contribution in [3.05, 3.63) is 11.6 Å². The fourth-order valence-corrected chi connectivity index (χ4v) is 3.28. The average molecular weight is 422 g/mol. The average Bonchev–Trinajstić information content (AvgIpc) is 3.08. The molecule has 1 aromatic heterocycles. The number of amides is 1. The van der Waals surface area contributed by atoms with E-state index in [-0.39, 0.29) is 12.1 Å². The van der Waals surface area contributed by atoms with Crippen molar-refractivity contribution >= 4 is 12.1 Å². The van der Waals surface area contributed by atoms with Crippen LogP contribution in [-0.2, 0) is 17.7 Å². The number of rotatable bonds is 7. The van der Waals surface area contributed by atoms with Gasteiger partial charge in [-0.25, -0.2) is 14.5 Å². The summed E-state index contributed by atoms with van der Waals surface area (Å²) in [5.41, 5.74) is -0.495. The monoisotopic (exact) mass is 421 g/mol. The summed E-state index contributed by atoms with van der Waals surface area (Å²) in [6.45, 7) is 14.5. The summed E-state index contributed by atoms with van der Waals surface area (Å²) in [5, 5.41) is 11.4. The molecule has 2 heterocycles. The van der Waals surface area contributed by atoms with E-state index in [1.165, 1.54) is 0 Å². The Kier molecular flexibility index (Phi) is 8.49. The van der Waals surface area contributed by atoms with E-state index < -0.39 is 5.60 Å². The molecule has 2 rings (SSSR count). The Morgan fingerprint density at radius 2 is 2.10 bits per heavy atom. The molecule has 1 atom stereocenters. The van der Waals surface area contributed by atoms with E-state index in [1.807, 2.05) is 25.5 Å². The fraction of sp³-hybridized carbons (Fsp3) is 0.810. The molecule has 0 radical (unpaired) electrons. The third-order valence-electron chi connectivity index (χ3n) is 4.77. The maximum absolute atomic E-state index is 12.4. The molecule has 30 heavy (non-hydrogen) atoms. The first kappa shape index (κ1) is 24.0. The van der Waals surface area contributed by atoms with Crippen molar-refractivity contribution in [2.45, 2.75) is 84.9 Å². The van der Waals surface area contributed by atoms with Crippen molar-refractivity contribution in [2.24, 2.45) is 4.99 Å². The van der Waals surface area contributed by atoms with Crippen LogP contribution in [0.5, 0.6) is 0 Å². The molecule has 1 aromatic rings. The van der Waals surface area contributed by atoms with Crippen LogP contribution in [0.1, 0.15) is 72.0 Å². The van der Waals surface area contributed by atoms with Gasteiger partial charge in [0.05, 0.1) is 6.54 Å². The topological polar surface area (TPSA) is 96.7 Å². The Morgan fingerprint density at radius 3 is 2.70 bits per heavy atom. The standard InChI is InChI=1S/C21H39N7O2/c1-8-12-27(20(29)30-21(4,5)6)13-11-23-19(22-7)24-16-9-10-17-25-18(15(2)3)26-28(17)14-16/h15-16H,8-14H2,1-7H3,(H2,22,23,24). The summed E-state index contributed by atoms with van der Waals surface area (Å²) in [4.78, 5) is 23.1. The molecule has 170 valence electrons. The van der Waals surface area contributed by atoms with Crippen LogP contribution < -0.4 is 10.6 Å². The molecular formula is C21H39N7O2. The molecule has 0 aromatic carbocycles. The SMILES string of the molecule is CCCN(CCNC(=NC)NC1CCc2nc(C(C)C)nn2C1)C(=O)OC(C)(C)C. The zero-order valence-electron chi connectivity index (χ0n) is 19.7. The van der Waals surface area contributed by atoms with E-state index in [0.29, 0.717) is 25.6 Å². The van der Waals surface area contributed by atoms with Crippen molar-refractivity contribution in [1.29, 1.82) is 0 Å². The van der Waals surface area contributed by atoms with Crippen LogP contribution in [0.3, 0.4) is 0 Å². The van der Waals surface area contributed by atoms with Gasteiger partial charge in [0.2, 0.25) is 0 Å². The van der Waals surface area contributed by atoms with E-state index in [4.69, 9.17) is 4.74 Å². The number of fused-ring (bicyclic) bond motifs is 1. The minimum atomic E-state index is -0.495. The Hall–Kier alpha value is -2.32. The van der Waals surface area contributed by atoms with Gasteiger partial charge >= 0.3 is 6.09 Å². The van der Waals surface area contributed by atoms with E-state index >= 15 is 0 Å². The molecule has 0 saturated carbocycles. The summed E-state index contributed by atoms with van der Waals surface area (Å²) >= 11 is 0. The number of aliphatic imine (C=N–C) groups is 1. The zero-order valence-corrected chi connectivity index (χ0v) is 19.7. The van der Waals surface area contributed by atoms with Gasteiger partial charge < -0.3 is 20.3 Å². The number of carbonyl (C=O) groups is 1. The Bertz CT molecular complexity index is 721. The third-order valence-corrected chi connectivity index (χ3v) is 4.77. The van der Waals surface area contributed by atoms with Gasteiger partial charge in [-0.05, 0) is 33.6 Å². The highest BCUT2D eigenvalue weighted by molar-refractivity contribution is 5.80. The predicted molar refractivity (Wildman–Crippen MR) is 119 cm³/mol. The number of hydrogen-bond donors (Lipinski definition) is 2. The van der Waals surface area contributed by atoms with Crippen molar-refractivity contribution in [1.82, 2.24) is 30.3 Å². The summed E-state index contributed by atoms with van der Waals surface area (Å²) in [5.74, 6) is 3.03. The predicted octanol–water partition coefficient (Wildman–Crippen LogP) is 2.53. The van der Waals surface area contributed by atoms with Gasteiger partial charge in [-0.3, -0.25) is 4.99 Å². The first-order chi connectivity index (χ1) is 14.1. The summed E-state index contributed by atoms with van der Waals surface area (Å²) in [6.07, 6.45) is 2.49. The highest BCUT2D eigenvalue weighted by Crippen LogP contribution is 2.17. The molecule has 9 heteroatoms. The highest BCUT2D eigenvalue weighted by Gasteiger charge is 2.24.